The number of rotatable bonds is 12. The molecule has 0 aliphatic heterocycles. The maximum absolute atomic E-state index is 11.7. The third-order valence-corrected chi connectivity index (χ3v) is 4.68. The van der Waals surface area contributed by atoms with Crippen LogP contribution in [0.15, 0.2) is 85.0 Å². The van der Waals surface area contributed by atoms with E-state index in [0.29, 0.717) is 17.9 Å². The molecule has 6 heteroatoms. The molecule has 0 spiro atoms. The summed E-state index contributed by atoms with van der Waals surface area (Å²) in [5.74, 6) is 0.186. The second-order valence-electron chi connectivity index (χ2n) is 8.16. The summed E-state index contributed by atoms with van der Waals surface area (Å²) in [6.07, 6.45) is 13.1. The average molecular weight is 507 g/mol. The molecule has 37 heavy (non-hydrogen) atoms. The Balaban J connectivity index is 0.000000580. The standard InChI is InChI=1S/C23H24O4.C8H14O2/c1-3-6-18(2)27-23(25)17-26-22-15-11-20(12-16-22)8-5-4-7-19-9-13-21(24)14-10-19;1-4-5-6-10-8(9)7(2)3/h3-16,18,24H,17H2,1-2H3;2,4-6H2,1,3H3. The van der Waals surface area contributed by atoms with Crippen molar-refractivity contribution in [3.8, 4) is 11.5 Å². The fourth-order valence-electron chi connectivity index (χ4n) is 2.72. The zero-order valence-electron chi connectivity index (χ0n) is 22.2. The normalized spacial score (nSPS) is 11.7. The number of esters is 2. The van der Waals surface area contributed by atoms with E-state index in [1.165, 1.54) is 0 Å². The number of carbonyl (C=O) groups is 2. The topological polar surface area (TPSA) is 82.1 Å². The summed E-state index contributed by atoms with van der Waals surface area (Å²) in [5.41, 5.74) is 2.50. The van der Waals surface area contributed by atoms with Gasteiger partial charge in [0.2, 0.25) is 0 Å². The van der Waals surface area contributed by atoms with E-state index in [0.717, 1.165) is 24.0 Å². The number of phenolic OH excluding ortho intramolecular Hbond substituents is 1. The molecule has 1 atom stereocenters. The Morgan fingerprint density at radius 1 is 1.00 bits per heavy atom. The zero-order chi connectivity index (χ0) is 27.5. The third kappa shape index (κ3) is 14.8. The van der Waals surface area contributed by atoms with Gasteiger partial charge in [-0.05, 0) is 68.7 Å². The van der Waals surface area contributed by atoms with E-state index in [1.54, 1.807) is 32.1 Å². The van der Waals surface area contributed by atoms with Gasteiger partial charge in [-0.2, -0.15) is 0 Å². The SMILES string of the molecule is C=C(C)C(=O)OCCCC.CC=CC(C)OC(=O)COc1ccc(C=CC=Cc2ccc(O)cc2)cc1. The van der Waals surface area contributed by atoms with Gasteiger partial charge in [0.25, 0.3) is 0 Å². The summed E-state index contributed by atoms with van der Waals surface area (Å²) in [4.78, 5) is 22.4. The van der Waals surface area contributed by atoms with Crippen LogP contribution in [0.4, 0.5) is 0 Å². The van der Waals surface area contributed by atoms with Crippen LogP contribution in [0.1, 0.15) is 51.7 Å². The van der Waals surface area contributed by atoms with Crippen LogP contribution in [-0.4, -0.2) is 36.4 Å². The van der Waals surface area contributed by atoms with Crippen molar-refractivity contribution < 1.29 is 28.9 Å². The van der Waals surface area contributed by atoms with Gasteiger partial charge in [-0.1, -0.05) is 74.6 Å². The number of ether oxygens (including phenoxy) is 3. The van der Waals surface area contributed by atoms with Gasteiger partial charge in [0.15, 0.2) is 6.61 Å². The predicted molar refractivity (Wildman–Crippen MR) is 149 cm³/mol. The van der Waals surface area contributed by atoms with Gasteiger partial charge in [0.1, 0.15) is 17.6 Å². The molecule has 0 fully saturated rings. The summed E-state index contributed by atoms with van der Waals surface area (Å²) in [5, 5.41) is 9.25. The Hall–Kier alpha value is -4.06. The highest BCUT2D eigenvalue weighted by atomic mass is 16.6. The minimum Gasteiger partial charge on any atom is -0.508 e. The monoisotopic (exact) mass is 506 g/mol. The minimum absolute atomic E-state index is 0.119. The number of unbranched alkanes of at least 4 members (excludes halogenated alkanes) is 1. The van der Waals surface area contributed by atoms with Crippen molar-refractivity contribution >= 4 is 24.1 Å². The van der Waals surface area contributed by atoms with E-state index in [4.69, 9.17) is 14.2 Å². The molecule has 0 saturated heterocycles. The van der Waals surface area contributed by atoms with Crippen LogP contribution in [0.3, 0.4) is 0 Å². The van der Waals surface area contributed by atoms with E-state index in [9.17, 15) is 14.7 Å². The van der Waals surface area contributed by atoms with Crippen molar-refractivity contribution in [1.82, 2.24) is 0 Å². The molecule has 2 aromatic rings. The predicted octanol–water partition coefficient (Wildman–Crippen LogP) is 6.91. The van der Waals surface area contributed by atoms with Crippen molar-refractivity contribution in [3.63, 3.8) is 0 Å². The second kappa shape index (κ2) is 18.2. The highest BCUT2D eigenvalue weighted by Gasteiger charge is 2.07. The highest BCUT2D eigenvalue weighted by Crippen LogP contribution is 2.14. The van der Waals surface area contributed by atoms with Gasteiger partial charge < -0.3 is 19.3 Å². The molecule has 1 N–H and O–H groups in total. The van der Waals surface area contributed by atoms with Gasteiger partial charge in [-0.3, -0.25) is 0 Å². The van der Waals surface area contributed by atoms with Gasteiger partial charge in [0.05, 0.1) is 6.61 Å². The molecule has 0 saturated carbocycles. The van der Waals surface area contributed by atoms with Crippen LogP contribution in [-0.2, 0) is 19.1 Å². The average Bonchev–Trinajstić information content (AvgIpc) is 2.87. The summed E-state index contributed by atoms with van der Waals surface area (Å²) in [6.45, 7) is 11.2. The number of carbonyl (C=O) groups excluding carboxylic acids is 2. The first-order valence-electron chi connectivity index (χ1n) is 12.3. The zero-order valence-corrected chi connectivity index (χ0v) is 22.2. The van der Waals surface area contributed by atoms with Crippen LogP contribution >= 0.6 is 0 Å². The van der Waals surface area contributed by atoms with E-state index in [1.807, 2.05) is 73.7 Å². The molecular weight excluding hydrogens is 468 g/mol. The number of allylic oxidation sites excluding steroid dienone is 3. The van der Waals surface area contributed by atoms with E-state index in [-0.39, 0.29) is 24.4 Å². The Morgan fingerprint density at radius 2 is 1.57 bits per heavy atom. The number of phenols is 1. The Morgan fingerprint density at radius 3 is 2.08 bits per heavy atom. The van der Waals surface area contributed by atoms with Crippen LogP contribution in [0, 0.1) is 0 Å². The van der Waals surface area contributed by atoms with Crippen molar-refractivity contribution in [3.05, 3.63) is 96.1 Å². The highest BCUT2D eigenvalue weighted by molar-refractivity contribution is 5.86. The summed E-state index contributed by atoms with van der Waals surface area (Å²) in [6, 6.07) is 14.4. The van der Waals surface area contributed by atoms with Gasteiger partial charge in [0, 0.05) is 5.57 Å². The van der Waals surface area contributed by atoms with Crippen molar-refractivity contribution in [1.29, 1.82) is 0 Å². The number of hydrogen-bond acceptors (Lipinski definition) is 6. The summed E-state index contributed by atoms with van der Waals surface area (Å²) >= 11 is 0. The molecule has 0 aromatic heterocycles. The molecule has 0 radical (unpaired) electrons. The molecule has 0 bridgehead atoms. The first-order chi connectivity index (χ1) is 17.7. The second-order valence-corrected chi connectivity index (χ2v) is 8.16. The lowest BCUT2D eigenvalue weighted by Crippen LogP contribution is -2.19. The Labute approximate surface area is 220 Å². The van der Waals surface area contributed by atoms with Crippen LogP contribution in [0.25, 0.3) is 12.2 Å². The van der Waals surface area contributed by atoms with Gasteiger partial charge in [-0.15, -0.1) is 0 Å². The van der Waals surface area contributed by atoms with Crippen molar-refractivity contribution in [2.75, 3.05) is 13.2 Å². The fraction of sp³-hybridized carbons (Fsp3) is 0.290. The lowest BCUT2D eigenvalue weighted by molar-refractivity contribution is -0.148. The van der Waals surface area contributed by atoms with Crippen LogP contribution < -0.4 is 4.74 Å². The molecule has 6 nitrogen and oxygen atoms in total. The molecule has 0 heterocycles. The van der Waals surface area contributed by atoms with Crippen molar-refractivity contribution in [2.45, 2.75) is 46.6 Å². The lowest BCUT2D eigenvalue weighted by atomic mass is 10.2. The van der Waals surface area contributed by atoms with Gasteiger partial charge >= 0.3 is 11.9 Å². The Bertz CT molecular complexity index is 1050. The summed E-state index contributed by atoms with van der Waals surface area (Å²) < 4.78 is 15.4. The molecule has 2 aromatic carbocycles. The van der Waals surface area contributed by atoms with E-state index in [2.05, 4.69) is 13.5 Å². The molecular formula is C31H38O6. The van der Waals surface area contributed by atoms with Crippen LogP contribution in [0.5, 0.6) is 11.5 Å². The van der Waals surface area contributed by atoms with E-state index >= 15 is 0 Å². The molecule has 1 unspecified atom stereocenters. The molecule has 198 valence electrons. The Kier molecular flexibility index (Phi) is 15.3. The maximum atomic E-state index is 11.7. The summed E-state index contributed by atoms with van der Waals surface area (Å²) in [7, 11) is 0. The maximum Gasteiger partial charge on any atom is 0.344 e. The minimum atomic E-state index is -0.399. The third-order valence-electron chi connectivity index (χ3n) is 4.68. The number of benzene rings is 2. The van der Waals surface area contributed by atoms with Gasteiger partial charge in [-0.25, -0.2) is 9.59 Å². The molecule has 0 amide bonds. The van der Waals surface area contributed by atoms with Crippen molar-refractivity contribution in [2.24, 2.45) is 0 Å². The number of hydrogen-bond donors (Lipinski definition) is 1. The van der Waals surface area contributed by atoms with Crippen LogP contribution in [0.2, 0.25) is 0 Å². The smallest absolute Gasteiger partial charge is 0.344 e. The quantitative estimate of drug-likeness (QED) is 0.111. The van der Waals surface area contributed by atoms with E-state index < -0.39 is 5.97 Å². The molecule has 2 rings (SSSR count). The lowest BCUT2D eigenvalue weighted by Gasteiger charge is -2.10. The molecule has 0 aliphatic carbocycles. The largest absolute Gasteiger partial charge is 0.508 e. The fourth-order valence-corrected chi connectivity index (χ4v) is 2.72. The molecule has 0 aliphatic rings. The first-order valence-corrected chi connectivity index (χ1v) is 12.3. The number of aromatic hydroxyl groups is 1. The first kappa shape index (κ1) is 31.0.